The van der Waals surface area contributed by atoms with Gasteiger partial charge in [-0.25, -0.2) is 0 Å². The first-order valence-electron chi connectivity index (χ1n) is 9.90. The van der Waals surface area contributed by atoms with E-state index in [1.54, 1.807) is 13.8 Å². The van der Waals surface area contributed by atoms with Crippen molar-refractivity contribution >= 4 is 27.1 Å². The van der Waals surface area contributed by atoms with Crippen molar-refractivity contribution in [1.82, 2.24) is 0 Å². The highest BCUT2D eigenvalue weighted by Gasteiger charge is 2.62. The molecule has 0 spiro atoms. The highest BCUT2D eigenvalue weighted by atomic mass is 31.2. The molecule has 2 aliphatic heterocycles. The van der Waals surface area contributed by atoms with Gasteiger partial charge in [-0.05, 0) is 13.8 Å². The molecule has 0 bridgehead atoms. The van der Waals surface area contributed by atoms with Crippen LogP contribution < -0.4 is 0 Å². The molecule has 0 N–H and O–H groups in total. The van der Waals surface area contributed by atoms with Crippen LogP contribution >= 0.6 is 15.2 Å². The van der Waals surface area contributed by atoms with Crippen LogP contribution in [0.5, 0.6) is 0 Å². The Labute approximate surface area is 177 Å². The van der Waals surface area contributed by atoms with Crippen LogP contribution in [0.4, 0.5) is 0 Å². The Balaban J connectivity index is 2.51. The predicted molar refractivity (Wildman–Crippen MR) is 107 cm³/mol. The van der Waals surface area contributed by atoms with E-state index in [4.69, 9.17) is 27.6 Å². The molecule has 2 rings (SSSR count). The molecule has 0 aromatic carbocycles. The van der Waals surface area contributed by atoms with E-state index in [-0.39, 0.29) is 39.6 Å². The van der Waals surface area contributed by atoms with E-state index in [0.717, 1.165) is 0 Å². The van der Waals surface area contributed by atoms with Gasteiger partial charge in [0.15, 0.2) is 11.3 Å². The van der Waals surface area contributed by atoms with E-state index in [9.17, 15) is 18.7 Å². The molecular formula is C18H32O10P2. The lowest BCUT2D eigenvalue weighted by Crippen LogP contribution is -2.47. The number of carbonyl (C=O) groups excluding carboxylic acids is 2. The van der Waals surface area contributed by atoms with E-state index in [2.05, 4.69) is 0 Å². The molecule has 2 aliphatic rings. The third-order valence-electron chi connectivity index (χ3n) is 4.58. The Bertz CT molecular complexity index is 657. The summed E-state index contributed by atoms with van der Waals surface area (Å²) < 4.78 is 59.3. The van der Waals surface area contributed by atoms with Gasteiger partial charge in [0.05, 0.1) is 39.6 Å². The molecule has 0 aromatic heterocycles. The molecule has 0 saturated carbocycles. The monoisotopic (exact) mass is 470 g/mol. The maximum absolute atomic E-state index is 13.6. The molecule has 2 heterocycles. The SMILES string of the molecule is CCOC(=O)[C@@H]([C@H](C(=O)OCC)P1(=O)OCC(C)(C)CO1)P1(=O)OCC(C)(C)CO1. The number of hydrogen-bond donors (Lipinski definition) is 0. The molecule has 0 aliphatic carbocycles. The summed E-state index contributed by atoms with van der Waals surface area (Å²) in [6.07, 6.45) is 0. The number of ether oxygens (including phenoxy) is 2. The fourth-order valence-electron chi connectivity index (χ4n) is 2.86. The standard InChI is InChI=1S/C18H32O10P2/c1-7-23-15(19)13(29(21)25-9-17(3,4)10-26-29)14(16(20)24-8-2)30(22)27-11-18(5,6)12-28-30/h13-14H,7-12H2,1-6H3/t13-,14-/m1/s1. The fraction of sp³-hybridized carbons (Fsp3) is 0.889. The highest BCUT2D eigenvalue weighted by Crippen LogP contribution is 2.67. The fourth-order valence-corrected chi connectivity index (χ4v) is 8.34. The van der Waals surface area contributed by atoms with Crippen molar-refractivity contribution in [2.75, 3.05) is 39.6 Å². The summed E-state index contributed by atoms with van der Waals surface area (Å²) in [5, 5.41) is 0. The summed E-state index contributed by atoms with van der Waals surface area (Å²) in [4.78, 5) is 25.8. The molecule has 30 heavy (non-hydrogen) atoms. The number of esters is 2. The molecule has 2 fully saturated rings. The second-order valence-corrected chi connectivity index (χ2v) is 13.2. The normalized spacial score (nSPS) is 26.2. The summed E-state index contributed by atoms with van der Waals surface area (Å²) in [5.41, 5.74) is -4.61. The summed E-state index contributed by atoms with van der Waals surface area (Å²) in [5.74, 6) is -2.10. The maximum Gasteiger partial charge on any atom is 0.346 e. The van der Waals surface area contributed by atoms with Crippen molar-refractivity contribution in [2.45, 2.75) is 52.9 Å². The van der Waals surface area contributed by atoms with Gasteiger partial charge in [-0.3, -0.25) is 18.7 Å². The average molecular weight is 470 g/mol. The zero-order valence-corrected chi connectivity index (χ0v) is 20.2. The lowest BCUT2D eigenvalue weighted by molar-refractivity contribution is -0.150. The minimum Gasteiger partial charge on any atom is -0.465 e. The molecule has 2 saturated heterocycles. The maximum atomic E-state index is 13.6. The first kappa shape index (κ1) is 25.5. The van der Waals surface area contributed by atoms with Crippen LogP contribution in [-0.2, 0) is 46.3 Å². The zero-order valence-electron chi connectivity index (χ0n) is 18.4. The predicted octanol–water partition coefficient (Wildman–Crippen LogP) is 3.38. The highest BCUT2D eigenvalue weighted by molar-refractivity contribution is 7.60. The largest absolute Gasteiger partial charge is 0.465 e. The number of carbonyl (C=O) groups is 2. The lowest BCUT2D eigenvalue weighted by Gasteiger charge is -2.41. The van der Waals surface area contributed by atoms with Crippen molar-refractivity contribution in [2.24, 2.45) is 10.8 Å². The Morgan fingerprint density at radius 1 is 0.733 bits per heavy atom. The molecular weight excluding hydrogens is 438 g/mol. The minimum atomic E-state index is -4.27. The van der Waals surface area contributed by atoms with Crippen LogP contribution in [-0.4, -0.2) is 62.9 Å². The Morgan fingerprint density at radius 2 is 1.00 bits per heavy atom. The van der Waals surface area contributed by atoms with Gasteiger partial charge < -0.3 is 27.6 Å². The van der Waals surface area contributed by atoms with Crippen LogP contribution in [0.3, 0.4) is 0 Å². The van der Waals surface area contributed by atoms with Gasteiger partial charge >= 0.3 is 27.1 Å². The Hall–Kier alpha value is -0.760. The molecule has 0 unspecified atom stereocenters. The van der Waals surface area contributed by atoms with Gasteiger partial charge in [0.1, 0.15) is 0 Å². The van der Waals surface area contributed by atoms with Crippen LogP contribution in [0.1, 0.15) is 41.5 Å². The topological polar surface area (TPSA) is 124 Å². The zero-order chi connectivity index (χ0) is 22.8. The summed E-state index contributed by atoms with van der Waals surface area (Å²) in [7, 11) is -8.54. The third kappa shape index (κ3) is 5.72. The smallest absolute Gasteiger partial charge is 0.346 e. The molecule has 0 aromatic rings. The number of hydrogen-bond acceptors (Lipinski definition) is 10. The average Bonchev–Trinajstić information content (AvgIpc) is 2.65. The molecule has 2 atom stereocenters. The van der Waals surface area contributed by atoms with E-state index < -0.39 is 49.3 Å². The van der Waals surface area contributed by atoms with Gasteiger partial charge in [0.25, 0.3) is 0 Å². The van der Waals surface area contributed by atoms with Gasteiger partial charge in [-0.2, -0.15) is 0 Å². The van der Waals surface area contributed by atoms with E-state index >= 15 is 0 Å². The minimum absolute atomic E-state index is 0.00871. The first-order valence-corrected chi connectivity index (χ1v) is 13.1. The molecule has 10 nitrogen and oxygen atoms in total. The molecule has 12 heteroatoms. The molecule has 0 radical (unpaired) electrons. The van der Waals surface area contributed by atoms with Crippen LogP contribution in [0, 0.1) is 10.8 Å². The van der Waals surface area contributed by atoms with Crippen molar-refractivity contribution in [3.63, 3.8) is 0 Å². The third-order valence-corrected chi connectivity index (χ3v) is 9.15. The quantitative estimate of drug-likeness (QED) is 0.404. The van der Waals surface area contributed by atoms with Crippen molar-refractivity contribution in [3.05, 3.63) is 0 Å². The molecule has 174 valence electrons. The lowest BCUT2D eigenvalue weighted by atomic mass is 9.97. The first-order chi connectivity index (χ1) is 13.8. The van der Waals surface area contributed by atoms with Crippen LogP contribution in [0.2, 0.25) is 0 Å². The summed E-state index contributed by atoms with van der Waals surface area (Å²) in [6.45, 7) is 10.3. The van der Waals surface area contributed by atoms with E-state index in [1.807, 2.05) is 27.7 Å². The van der Waals surface area contributed by atoms with Crippen molar-refractivity contribution < 1.29 is 46.3 Å². The van der Waals surface area contributed by atoms with E-state index in [1.165, 1.54) is 0 Å². The summed E-state index contributed by atoms with van der Waals surface area (Å²) in [6, 6.07) is 0. The summed E-state index contributed by atoms with van der Waals surface area (Å²) >= 11 is 0. The number of rotatable bonds is 7. The van der Waals surface area contributed by atoms with Gasteiger partial charge in [-0.15, -0.1) is 0 Å². The molecule has 0 amide bonds. The van der Waals surface area contributed by atoms with Crippen molar-refractivity contribution in [3.8, 4) is 0 Å². The van der Waals surface area contributed by atoms with Crippen LogP contribution in [0.25, 0.3) is 0 Å². The second kappa shape index (κ2) is 9.39. The van der Waals surface area contributed by atoms with Crippen molar-refractivity contribution in [1.29, 1.82) is 0 Å². The second-order valence-electron chi connectivity index (χ2n) is 8.90. The van der Waals surface area contributed by atoms with E-state index in [0.29, 0.717) is 0 Å². The van der Waals surface area contributed by atoms with Gasteiger partial charge in [0.2, 0.25) is 0 Å². The Kier molecular flexibility index (Phi) is 7.98. The van der Waals surface area contributed by atoms with Gasteiger partial charge in [0, 0.05) is 10.8 Å². The van der Waals surface area contributed by atoms with Gasteiger partial charge in [-0.1, -0.05) is 27.7 Å². The van der Waals surface area contributed by atoms with Crippen LogP contribution in [0.15, 0.2) is 0 Å². The Morgan fingerprint density at radius 3 is 1.23 bits per heavy atom.